The number of nitrogens with one attached hydrogen (secondary N) is 1. The van der Waals surface area contributed by atoms with Gasteiger partial charge in [0.1, 0.15) is 12.4 Å². The smallest absolute Gasteiger partial charge is 0.248 e. The van der Waals surface area contributed by atoms with E-state index in [1.807, 2.05) is 54.6 Å². The molecule has 0 atom stereocenters. The minimum Gasteiger partial charge on any atom is -0.487 e. The number of amides is 2. The number of ether oxygens (including phenoxy) is 1. The summed E-state index contributed by atoms with van der Waals surface area (Å²) in [7, 11) is 0. The fraction of sp³-hybridized carbons (Fsp3) is 0.160. The number of nitrogens with zero attached hydrogens (tertiary/aromatic N) is 2. The average Bonchev–Trinajstić information content (AvgIpc) is 3.23. The summed E-state index contributed by atoms with van der Waals surface area (Å²) < 4.78 is 5.74. The quantitative estimate of drug-likeness (QED) is 0.582. The van der Waals surface area contributed by atoms with Gasteiger partial charge in [-0.3, -0.25) is 14.6 Å². The van der Waals surface area contributed by atoms with E-state index >= 15 is 0 Å². The zero-order chi connectivity index (χ0) is 21.5. The van der Waals surface area contributed by atoms with Gasteiger partial charge in [0.25, 0.3) is 0 Å². The van der Waals surface area contributed by atoms with Crippen LogP contribution >= 0.6 is 0 Å². The van der Waals surface area contributed by atoms with Crippen molar-refractivity contribution in [2.75, 3.05) is 16.8 Å². The molecule has 1 fully saturated rings. The SMILES string of the molecule is O=C(/C=C/c1ccc(N2CCCC2=O)cc1)Nc1cccc(OCc2ccccn2)c1. The molecule has 31 heavy (non-hydrogen) atoms. The molecule has 6 heteroatoms. The van der Waals surface area contributed by atoms with Crippen molar-refractivity contribution in [1.82, 2.24) is 4.98 Å². The predicted octanol–water partition coefficient (Wildman–Crippen LogP) is 4.44. The number of pyridine rings is 1. The van der Waals surface area contributed by atoms with Crippen LogP contribution in [0.25, 0.3) is 6.08 Å². The topological polar surface area (TPSA) is 71.5 Å². The second-order valence-corrected chi connectivity index (χ2v) is 7.20. The molecule has 1 aliphatic rings. The molecular weight excluding hydrogens is 390 g/mol. The van der Waals surface area contributed by atoms with E-state index < -0.39 is 0 Å². The lowest BCUT2D eigenvalue weighted by Crippen LogP contribution is -2.23. The highest BCUT2D eigenvalue weighted by Crippen LogP contribution is 2.22. The molecule has 0 aliphatic carbocycles. The summed E-state index contributed by atoms with van der Waals surface area (Å²) in [4.78, 5) is 30.1. The highest BCUT2D eigenvalue weighted by molar-refractivity contribution is 6.02. The van der Waals surface area contributed by atoms with Crippen molar-refractivity contribution in [1.29, 1.82) is 0 Å². The molecule has 0 unspecified atom stereocenters. The van der Waals surface area contributed by atoms with Gasteiger partial charge in [0, 0.05) is 42.7 Å². The first kappa shape index (κ1) is 20.3. The largest absolute Gasteiger partial charge is 0.487 e. The Morgan fingerprint density at radius 1 is 1.10 bits per heavy atom. The maximum atomic E-state index is 12.3. The van der Waals surface area contributed by atoms with E-state index in [9.17, 15) is 9.59 Å². The van der Waals surface area contributed by atoms with Crippen molar-refractivity contribution in [3.8, 4) is 5.75 Å². The maximum absolute atomic E-state index is 12.3. The van der Waals surface area contributed by atoms with Crippen molar-refractivity contribution < 1.29 is 14.3 Å². The molecule has 0 saturated carbocycles. The van der Waals surface area contributed by atoms with E-state index in [1.54, 1.807) is 29.3 Å². The predicted molar refractivity (Wildman–Crippen MR) is 121 cm³/mol. The number of hydrogen-bond acceptors (Lipinski definition) is 4. The van der Waals surface area contributed by atoms with E-state index in [4.69, 9.17) is 4.74 Å². The lowest BCUT2D eigenvalue weighted by molar-refractivity contribution is -0.117. The second kappa shape index (κ2) is 9.71. The fourth-order valence-corrected chi connectivity index (χ4v) is 3.35. The number of carbonyl (C=O) groups is 2. The van der Waals surface area contributed by atoms with Crippen LogP contribution in [0.5, 0.6) is 5.75 Å². The minimum atomic E-state index is -0.235. The van der Waals surface area contributed by atoms with Crippen LogP contribution < -0.4 is 15.0 Å². The summed E-state index contributed by atoms with van der Waals surface area (Å²) in [6, 6.07) is 20.5. The molecule has 4 rings (SSSR count). The Morgan fingerprint density at radius 2 is 1.97 bits per heavy atom. The van der Waals surface area contributed by atoms with Gasteiger partial charge in [0.2, 0.25) is 11.8 Å². The molecule has 0 spiro atoms. The molecule has 1 aliphatic heterocycles. The van der Waals surface area contributed by atoms with Gasteiger partial charge in [0.15, 0.2) is 0 Å². The van der Waals surface area contributed by atoms with Crippen LogP contribution in [0.15, 0.2) is 79.0 Å². The molecular formula is C25H23N3O3. The van der Waals surface area contributed by atoms with Gasteiger partial charge < -0.3 is 15.0 Å². The summed E-state index contributed by atoms with van der Waals surface area (Å²) in [6.07, 6.45) is 6.46. The molecule has 0 bridgehead atoms. The standard InChI is InChI=1S/C25H23N3O3/c29-24(14-11-19-9-12-22(13-10-19)28-16-4-8-25(28)30)27-20-6-3-7-23(17-20)31-18-21-5-1-2-15-26-21/h1-3,5-7,9-15,17H,4,8,16,18H2,(H,27,29)/b14-11+. The van der Waals surface area contributed by atoms with E-state index in [0.717, 1.165) is 29.9 Å². The lowest BCUT2D eigenvalue weighted by atomic mass is 10.2. The Morgan fingerprint density at radius 3 is 2.71 bits per heavy atom. The van der Waals surface area contributed by atoms with Gasteiger partial charge in [-0.2, -0.15) is 0 Å². The van der Waals surface area contributed by atoms with Gasteiger partial charge in [-0.25, -0.2) is 0 Å². The number of rotatable bonds is 7. The first-order chi connectivity index (χ1) is 15.2. The number of hydrogen-bond donors (Lipinski definition) is 1. The summed E-state index contributed by atoms with van der Waals surface area (Å²) in [5.74, 6) is 0.578. The Hall–Kier alpha value is -3.93. The average molecular weight is 413 g/mol. The second-order valence-electron chi connectivity index (χ2n) is 7.20. The van der Waals surface area contributed by atoms with Crippen LogP contribution in [-0.4, -0.2) is 23.3 Å². The van der Waals surface area contributed by atoms with Crippen LogP contribution in [0, 0.1) is 0 Å². The van der Waals surface area contributed by atoms with Crippen molar-refractivity contribution >= 4 is 29.3 Å². The molecule has 1 aromatic heterocycles. The Balaban J connectivity index is 1.32. The lowest BCUT2D eigenvalue weighted by Gasteiger charge is -2.15. The van der Waals surface area contributed by atoms with E-state index in [-0.39, 0.29) is 11.8 Å². The van der Waals surface area contributed by atoms with Gasteiger partial charge in [-0.15, -0.1) is 0 Å². The molecule has 156 valence electrons. The molecule has 6 nitrogen and oxygen atoms in total. The third-order valence-electron chi connectivity index (χ3n) is 4.92. The Labute approximate surface area is 181 Å². The molecule has 2 heterocycles. The highest BCUT2D eigenvalue weighted by atomic mass is 16.5. The summed E-state index contributed by atoms with van der Waals surface area (Å²) >= 11 is 0. The zero-order valence-electron chi connectivity index (χ0n) is 17.0. The summed E-state index contributed by atoms with van der Waals surface area (Å²) in [6.45, 7) is 1.12. The maximum Gasteiger partial charge on any atom is 0.248 e. The Bertz CT molecular complexity index is 1080. The van der Waals surface area contributed by atoms with Gasteiger partial charge >= 0.3 is 0 Å². The van der Waals surface area contributed by atoms with E-state index in [1.165, 1.54) is 6.08 Å². The van der Waals surface area contributed by atoms with Crippen molar-refractivity contribution in [2.24, 2.45) is 0 Å². The van der Waals surface area contributed by atoms with Crippen LogP contribution in [0.2, 0.25) is 0 Å². The first-order valence-electron chi connectivity index (χ1n) is 10.2. The molecule has 1 saturated heterocycles. The molecule has 1 N–H and O–H groups in total. The van der Waals surface area contributed by atoms with Crippen molar-refractivity contribution in [3.63, 3.8) is 0 Å². The summed E-state index contributed by atoms with van der Waals surface area (Å²) in [5, 5.41) is 2.84. The molecule has 3 aromatic rings. The van der Waals surface area contributed by atoms with E-state index in [0.29, 0.717) is 24.5 Å². The molecule has 2 amide bonds. The fourth-order valence-electron chi connectivity index (χ4n) is 3.35. The number of carbonyl (C=O) groups excluding carboxylic acids is 2. The number of benzene rings is 2. The third kappa shape index (κ3) is 5.57. The molecule has 2 aromatic carbocycles. The number of aromatic nitrogens is 1. The van der Waals surface area contributed by atoms with Crippen molar-refractivity contribution in [3.05, 3.63) is 90.3 Å². The van der Waals surface area contributed by atoms with Crippen LogP contribution in [0.3, 0.4) is 0 Å². The van der Waals surface area contributed by atoms with Gasteiger partial charge in [-0.05, 0) is 54.5 Å². The summed E-state index contributed by atoms with van der Waals surface area (Å²) in [5.41, 5.74) is 3.26. The highest BCUT2D eigenvalue weighted by Gasteiger charge is 2.21. The van der Waals surface area contributed by atoms with Crippen LogP contribution in [-0.2, 0) is 16.2 Å². The van der Waals surface area contributed by atoms with Gasteiger partial charge in [0.05, 0.1) is 5.69 Å². The van der Waals surface area contributed by atoms with Crippen LogP contribution in [0.1, 0.15) is 24.1 Å². The minimum absolute atomic E-state index is 0.161. The van der Waals surface area contributed by atoms with E-state index in [2.05, 4.69) is 10.3 Å². The van der Waals surface area contributed by atoms with Crippen molar-refractivity contribution in [2.45, 2.75) is 19.4 Å². The normalized spacial score (nSPS) is 13.5. The van der Waals surface area contributed by atoms with Crippen LogP contribution in [0.4, 0.5) is 11.4 Å². The monoisotopic (exact) mass is 413 g/mol. The molecule has 0 radical (unpaired) electrons. The Kier molecular flexibility index (Phi) is 6.38. The first-order valence-corrected chi connectivity index (χ1v) is 10.2. The zero-order valence-corrected chi connectivity index (χ0v) is 17.0. The number of anilines is 2. The van der Waals surface area contributed by atoms with Gasteiger partial charge in [-0.1, -0.05) is 24.3 Å². The third-order valence-corrected chi connectivity index (χ3v) is 4.92.